The third-order valence-corrected chi connectivity index (χ3v) is 5.74. The molecule has 0 bridgehead atoms. The minimum absolute atomic E-state index is 0.101. The van der Waals surface area contributed by atoms with E-state index in [0.29, 0.717) is 6.42 Å². The van der Waals surface area contributed by atoms with Crippen molar-refractivity contribution < 1.29 is 19.4 Å². The van der Waals surface area contributed by atoms with Crippen molar-refractivity contribution in [2.45, 2.75) is 37.9 Å². The molecule has 0 spiro atoms. The maximum Gasteiger partial charge on any atom is 0.407 e. The van der Waals surface area contributed by atoms with Gasteiger partial charge in [0.2, 0.25) is 0 Å². The number of rotatable bonds is 10. The minimum Gasteiger partial charge on any atom is -0.446 e. The standard InChI is InChI=1S/C25H34N2O4/c1-20(31-25(29)26-19-23(28)18-21-8-4-2-5-9-21)24(22-10-6-3-7-11-22)12-13-27-14-16-30-17-15-27/h2-11,20,23-24,28H,12-19H2,1H3,(H,26,29). The van der Waals surface area contributed by atoms with Crippen molar-refractivity contribution in [3.05, 3.63) is 71.8 Å². The third-order valence-electron chi connectivity index (χ3n) is 5.74. The van der Waals surface area contributed by atoms with Crippen LogP contribution in [0.15, 0.2) is 60.7 Å². The predicted molar refractivity (Wildman–Crippen MR) is 121 cm³/mol. The van der Waals surface area contributed by atoms with Crippen LogP contribution >= 0.6 is 0 Å². The Bertz CT molecular complexity index is 766. The molecule has 3 unspecified atom stereocenters. The molecule has 0 aliphatic carbocycles. The second-order valence-electron chi connectivity index (χ2n) is 8.09. The average molecular weight is 427 g/mol. The summed E-state index contributed by atoms with van der Waals surface area (Å²) in [5.41, 5.74) is 2.20. The molecule has 6 heteroatoms. The van der Waals surface area contributed by atoms with Crippen molar-refractivity contribution in [3.63, 3.8) is 0 Å². The highest BCUT2D eigenvalue weighted by Gasteiger charge is 2.24. The fourth-order valence-electron chi connectivity index (χ4n) is 3.97. The van der Waals surface area contributed by atoms with Crippen molar-refractivity contribution in [3.8, 4) is 0 Å². The molecule has 1 saturated heterocycles. The Hall–Kier alpha value is -2.41. The Labute approximate surface area is 185 Å². The van der Waals surface area contributed by atoms with E-state index in [1.165, 1.54) is 5.56 Å². The molecule has 0 aromatic heterocycles. The van der Waals surface area contributed by atoms with Gasteiger partial charge in [-0.15, -0.1) is 0 Å². The quantitative estimate of drug-likeness (QED) is 0.611. The summed E-state index contributed by atoms with van der Waals surface area (Å²) < 4.78 is 11.1. The molecule has 2 N–H and O–H groups in total. The SMILES string of the molecule is CC(OC(=O)NCC(O)Cc1ccccc1)C(CCN1CCOCC1)c1ccccc1. The van der Waals surface area contributed by atoms with Crippen LogP contribution in [-0.4, -0.2) is 67.7 Å². The summed E-state index contributed by atoms with van der Waals surface area (Å²) in [5.74, 6) is 0.101. The number of amides is 1. The fraction of sp³-hybridized carbons (Fsp3) is 0.480. The molecule has 3 atom stereocenters. The van der Waals surface area contributed by atoms with E-state index in [1.54, 1.807) is 0 Å². The van der Waals surface area contributed by atoms with E-state index in [-0.39, 0.29) is 18.6 Å². The molecule has 1 aliphatic rings. The number of ether oxygens (including phenoxy) is 2. The summed E-state index contributed by atoms with van der Waals surface area (Å²) in [5, 5.41) is 12.9. The number of aliphatic hydroxyl groups excluding tert-OH is 1. The van der Waals surface area contributed by atoms with E-state index in [9.17, 15) is 9.90 Å². The summed E-state index contributed by atoms with van der Waals surface area (Å²) in [6.07, 6.45) is -0.0454. The van der Waals surface area contributed by atoms with Crippen LogP contribution in [0.3, 0.4) is 0 Å². The van der Waals surface area contributed by atoms with Crippen LogP contribution in [0.25, 0.3) is 0 Å². The van der Waals surface area contributed by atoms with Gasteiger partial charge in [-0.3, -0.25) is 4.90 Å². The predicted octanol–water partition coefficient (Wildman–Crippen LogP) is 3.21. The highest BCUT2D eigenvalue weighted by Crippen LogP contribution is 2.26. The molecular formula is C25H34N2O4. The number of carbonyl (C=O) groups excluding carboxylic acids is 1. The molecule has 6 nitrogen and oxygen atoms in total. The topological polar surface area (TPSA) is 71.0 Å². The zero-order valence-electron chi connectivity index (χ0n) is 18.3. The number of hydrogen-bond donors (Lipinski definition) is 2. The number of nitrogens with one attached hydrogen (secondary N) is 1. The molecule has 168 valence electrons. The van der Waals surface area contributed by atoms with Crippen molar-refractivity contribution in [1.29, 1.82) is 0 Å². The summed E-state index contributed by atoms with van der Waals surface area (Å²) in [4.78, 5) is 14.8. The van der Waals surface area contributed by atoms with Gasteiger partial charge in [0.1, 0.15) is 6.10 Å². The molecule has 1 amide bonds. The lowest BCUT2D eigenvalue weighted by molar-refractivity contribution is 0.0325. The second-order valence-corrected chi connectivity index (χ2v) is 8.09. The zero-order valence-corrected chi connectivity index (χ0v) is 18.3. The van der Waals surface area contributed by atoms with E-state index in [0.717, 1.165) is 44.8 Å². The maximum atomic E-state index is 12.4. The zero-order chi connectivity index (χ0) is 21.9. The van der Waals surface area contributed by atoms with E-state index in [1.807, 2.05) is 55.5 Å². The van der Waals surface area contributed by atoms with Crippen molar-refractivity contribution in [2.24, 2.45) is 0 Å². The molecule has 3 rings (SSSR count). The van der Waals surface area contributed by atoms with Crippen LogP contribution in [0.2, 0.25) is 0 Å². The first-order valence-electron chi connectivity index (χ1n) is 11.1. The van der Waals surface area contributed by atoms with Crippen LogP contribution in [0.4, 0.5) is 4.79 Å². The van der Waals surface area contributed by atoms with Crippen LogP contribution < -0.4 is 5.32 Å². The van der Waals surface area contributed by atoms with E-state index in [2.05, 4.69) is 22.3 Å². The lowest BCUT2D eigenvalue weighted by Crippen LogP contribution is -2.39. The number of aliphatic hydroxyl groups is 1. The molecule has 31 heavy (non-hydrogen) atoms. The highest BCUT2D eigenvalue weighted by atomic mass is 16.6. The fourth-order valence-corrected chi connectivity index (χ4v) is 3.97. The van der Waals surface area contributed by atoms with Gasteiger partial charge in [-0.1, -0.05) is 60.7 Å². The summed E-state index contributed by atoms with van der Waals surface area (Å²) in [6, 6.07) is 19.9. The molecular weight excluding hydrogens is 392 g/mol. The normalized spacial score (nSPS) is 17.5. The van der Waals surface area contributed by atoms with Gasteiger partial charge in [0.05, 0.1) is 19.3 Å². The maximum absolute atomic E-state index is 12.4. The number of alkyl carbamates (subject to hydrolysis) is 1. The second kappa shape index (κ2) is 12.4. The van der Waals surface area contributed by atoms with E-state index in [4.69, 9.17) is 9.47 Å². The number of nitrogens with zero attached hydrogens (tertiary/aromatic N) is 1. The third kappa shape index (κ3) is 7.98. The van der Waals surface area contributed by atoms with Gasteiger partial charge in [0, 0.05) is 32.0 Å². The molecule has 2 aromatic carbocycles. The van der Waals surface area contributed by atoms with E-state index >= 15 is 0 Å². The largest absolute Gasteiger partial charge is 0.446 e. The Kier molecular flexibility index (Phi) is 9.34. The molecule has 0 radical (unpaired) electrons. The number of hydrogen-bond acceptors (Lipinski definition) is 5. The lowest BCUT2D eigenvalue weighted by Gasteiger charge is -2.30. The van der Waals surface area contributed by atoms with Crippen molar-refractivity contribution in [2.75, 3.05) is 39.4 Å². The first-order chi connectivity index (χ1) is 15.1. The summed E-state index contributed by atoms with van der Waals surface area (Å²) >= 11 is 0. The number of morpholine rings is 1. The summed E-state index contributed by atoms with van der Waals surface area (Å²) in [7, 11) is 0. The van der Waals surface area contributed by atoms with Crippen LogP contribution in [-0.2, 0) is 15.9 Å². The van der Waals surface area contributed by atoms with Gasteiger partial charge < -0.3 is 19.9 Å². The Morgan fingerprint density at radius 2 is 1.74 bits per heavy atom. The molecule has 1 aliphatic heterocycles. The molecule has 1 fully saturated rings. The van der Waals surface area contributed by atoms with Crippen LogP contribution in [0, 0.1) is 0 Å². The smallest absolute Gasteiger partial charge is 0.407 e. The highest BCUT2D eigenvalue weighted by molar-refractivity contribution is 5.67. The monoisotopic (exact) mass is 426 g/mol. The Balaban J connectivity index is 1.49. The number of carbonyl (C=O) groups is 1. The number of benzene rings is 2. The first kappa shape index (κ1) is 23.3. The van der Waals surface area contributed by atoms with Gasteiger partial charge in [0.15, 0.2) is 0 Å². The van der Waals surface area contributed by atoms with Crippen molar-refractivity contribution in [1.82, 2.24) is 10.2 Å². The summed E-state index contributed by atoms with van der Waals surface area (Å²) in [6.45, 7) is 6.47. The Morgan fingerprint density at radius 3 is 2.42 bits per heavy atom. The van der Waals surface area contributed by atoms with Gasteiger partial charge in [-0.2, -0.15) is 0 Å². The van der Waals surface area contributed by atoms with Gasteiger partial charge >= 0.3 is 6.09 Å². The van der Waals surface area contributed by atoms with Gasteiger partial charge in [-0.25, -0.2) is 4.79 Å². The molecule has 0 saturated carbocycles. The van der Waals surface area contributed by atoms with Crippen molar-refractivity contribution >= 4 is 6.09 Å². The first-order valence-corrected chi connectivity index (χ1v) is 11.1. The lowest BCUT2D eigenvalue weighted by atomic mass is 9.90. The Morgan fingerprint density at radius 1 is 1.10 bits per heavy atom. The van der Waals surface area contributed by atoms with E-state index < -0.39 is 12.2 Å². The van der Waals surface area contributed by atoms with Crippen LogP contribution in [0.1, 0.15) is 30.4 Å². The minimum atomic E-state index is -0.656. The molecule has 2 aromatic rings. The van der Waals surface area contributed by atoms with Gasteiger partial charge in [0.25, 0.3) is 0 Å². The van der Waals surface area contributed by atoms with Crippen LogP contribution in [0.5, 0.6) is 0 Å². The molecule has 1 heterocycles. The van der Waals surface area contributed by atoms with Gasteiger partial charge in [-0.05, 0) is 31.0 Å². The average Bonchev–Trinajstić information content (AvgIpc) is 2.80.